The number of hydrogen-bond acceptors (Lipinski definition) is 4. The molecule has 0 atom stereocenters. The summed E-state index contributed by atoms with van der Waals surface area (Å²) in [5.41, 5.74) is 13.3. The third-order valence-electron chi connectivity index (χ3n) is 4.66. The second-order valence-corrected chi connectivity index (χ2v) is 6.78. The summed E-state index contributed by atoms with van der Waals surface area (Å²) in [6, 6.07) is 12.4. The number of nitrogens with one attached hydrogen (secondary N) is 2. The molecule has 0 aliphatic heterocycles. The topological polar surface area (TPSA) is 105 Å². The van der Waals surface area contributed by atoms with Crippen molar-refractivity contribution in [3.63, 3.8) is 0 Å². The van der Waals surface area contributed by atoms with E-state index >= 15 is 0 Å². The van der Waals surface area contributed by atoms with Crippen LogP contribution in [0.1, 0.15) is 39.7 Å². The van der Waals surface area contributed by atoms with Gasteiger partial charge in [0.2, 0.25) is 0 Å². The van der Waals surface area contributed by atoms with Gasteiger partial charge in [-0.25, -0.2) is 10.1 Å². The molecule has 0 saturated carbocycles. The number of carbonyl (C=O) groups excluding carboxylic acids is 1. The first-order chi connectivity index (χ1) is 13.3. The highest BCUT2D eigenvalue weighted by Gasteiger charge is 2.16. The van der Waals surface area contributed by atoms with Crippen molar-refractivity contribution in [1.82, 2.24) is 15.2 Å². The number of aromatic nitrogens is 2. The van der Waals surface area contributed by atoms with Gasteiger partial charge in [-0.2, -0.15) is 5.10 Å². The Morgan fingerprint density at radius 3 is 2.54 bits per heavy atom. The predicted molar refractivity (Wildman–Crippen MR) is 111 cm³/mol. The van der Waals surface area contributed by atoms with Crippen molar-refractivity contribution in [3.05, 3.63) is 80.8 Å². The summed E-state index contributed by atoms with van der Waals surface area (Å²) in [7, 11) is 0. The van der Waals surface area contributed by atoms with Gasteiger partial charge in [-0.1, -0.05) is 12.1 Å². The molecule has 4 N–H and O–H groups in total. The molecule has 0 bridgehead atoms. The van der Waals surface area contributed by atoms with E-state index in [1.165, 1.54) is 4.68 Å². The normalized spacial score (nSPS) is 11.5. The number of aromatic amines is 1. The molecule has 7 nitrogen and oxygen atoms in total. The molecular weight excluding hydrogens is 354 g/mol. The van der Waals surface area contributed by atoms with Gasteiger partial charge in [-0.05, 0) is 69.2 Å². The summed E-state index contributed by atoms with van der Waals surface area (Å²) in [6.45, 7) is 7.50. The average Bonchev–Trinajstić information content (AvgIpc) is 2.96. The monoisotopic (exact) mass is 377 g/mol. The van der Waals surface area contributed by atoms with E-state index in [4.69, 9.17) is 5.73 Å². The first-order valence-corrected chi connectivity index (χ1v) is 8.87. The van der Waals surface area contributed by atoms with Crippen LogP contribution in [0.25, 0.3) is 5.69 Å². The van der Waals surface area contributed by atoms with E-state index < -0.39 is 5.91 Å². The summed E-state index contributed by atoms with van der Waals surface area (Å²) in [6.07, 6.45) is 0. The maximum absolute atomic E-state index is 12.9. The zero-order chi connectivity index (χ0) is 20.4. The molecule has 0 radical (unpaired) electrons. The number of nitrogens with two attached hydrogens (primary N) is 1. The summed E-state index contributed by atoms with van der Waals surface area (Å²) < 4.78 is 1.48. The minimum Gasteiger partial charge on any atom is -0.399 e. The molecule has 0 saturated heterocycles. The molecule has 0 unspecified atom stereocenters. The van der Waals surface area contributed by atoms with Crippen LogP contribution < -0.4 is 16.7 Å². The molecule has 2 aromatic carbocycles. The van der Waals surface area contributed by atoms with Gasteiger partial charge in [-0.3, -0.25) is 14.7 Å². The molecule has 3 rings (SSSR count). The van der Waals surface area contributed by atoms with Gasteiger partial charge in [0.25, 0.3) is 11.5 Å². The zero-order valence-electron chi connectivity index (χ0n) is 16.3. The lowest BCUT2D eigenvalue weighted by Crippen LogP contribution is -2.23. The van der Waals surface area contributed by atoms with E-state index in [9.17, 15) is 9.59 Å². The van der Waals surface area contributed by atoms with Gasteiger partial charge in [0, 0.05) is 16.9 Å². The molecule has 0 spiro atoms. The maximum atomic E-state index is 12.9. The number of aryl methyl sites for hydroxylation is 3. The molecule has 3 aromatic rings. The predicted octanol–water partition coefficient (Wildman–Crippen LogP) is 2.83. The Bertz CT molecular complexity index is 1140. The van der Waals surface area contributed by atoms with Gasteiger partial charge >= 0.3 is 0 Å². The Morgan fingerprint density at radius 1 is 1.11 bits per heavy atom. The van der Waals surface area contributed by atoms with E-state index in [0.29, 0.717) is 28.2 Å². The Labute approximate surface area is 162 Å². The smallest absolute Gasteiger partial charge is 0.280 e. The van der Waals surface area contributed by atoms with Crippen molar-refractivity contribution in [2.75, 3.05) is 5.73 Å². The molecule has 0 aliphatic carbocycles. The molecule has 7 heteroatoms. The quantitative estimate of drug-likeness (QED) is 0.370. The number of nitrogen functional groups attached to an aromatic ring is 1. The van der Waals surface area contributed by atoms with Crippen molar-refractivity contribution in [3.8, 4) is 5.69 Å². The highest BCUT2D eigenvalue weighted by Crippen LogP contribution is 2.13. The number of hydrazone groups is 1. The zero-order valence-corrected chi connectivity index (χ0v) is 16.3. The number of carbonyl (C=O) groups is 1. The fourth-order valence-electron chi connectivity index (χ4n) is 2.95. The summed E-state index contributed by atoms with van der Waals surface area (Å²) in [5.74, 6) is -0.394. The number of rotatable bonds is 4. The summed E-state index contributed by atoms with van der Waals surface area (Å²) in [4.78, 5) is 25.1. The SMILES string of the molecule is CC(=NNC(=O)c1cccc(N)c1)c1c(C)[nH]n(-c2ccc(C)c(C)c2)c1=O. The Balaban J connectivity index is 1.90. The van der Waals surface area contributed by atoms with Crippen LogP contribution in [-0.2, 0) is 0 Å². The molecule has 144 valence electrons. The Kier molecular flexibility index (Phi) is 5.17. The Morgan fingerprint density at radius 2 is 1.86 bits per heavy atom. The maximum Gasteiger partial charge on any atom is 0.280 e. The lowest BCUT2D eigenvalue weighted by Gasteiger charge is -2.05. The highest BCUT2D eigenvalue weighted by molar-refractivity contribution is 6.01. The standard InChI is InChI=1S/C21H23N5O2/c1-12-8-9-18(10-13(12)2)26-21(28)19(15(4)25-26)14(3)23-24-20(27)16-6-5-7-17(22)11-16/h5-11,25H,22H2,1-4H3,(H,24,27). The number of nitrogens with zero attached hydrogens (tertiary/aromatic N) is 2. The van der Waals surface area contributed by atoms with Crippen LogP contribution >= 0.6 is 0 Å². The van der Waals surface area contributed by atoms with Gasteiger partial charge in [0.05, 0.1) is 17.0 Å². The minimum atomic E-state index is -0.394. The van der Waals surface area contributed by atoms with E-state index in [1.807, 2.05) is 32.0 Å². The number of benzene rings is 2. The lowest BCUT2D eigenvalue weighted by molar-refractivity contribution is 0.0955. The van der Waals surface area contributed by atoms with Crippen LogP contribution in [0.15, 0.2) is 52.4 Å². The van der Waals surface area contributed by atoms with Crippen molar-refractivity contribution in [2.24, 2.45) is 5.10 Å². The molecule has 1 amide bonds. The first-order valence-electron chi connectivity index (χ1n) is 8.87. The fraction of sp³-hybridized carbons (Fsp3) is 0.190. The van der Waals surface area contributed by atoms with E-state index in [0.717, 1.165) is 16.8 Å². The summed E-state index contributed by atoms with van der Waals surface area (Å²) in [5, 5.41) is 7.18. The van der Waals surface area contributed by atoms with E-state index in [2.05, 4.69) is 15.6 Å². The number of amides is 1. The third-order valence-corrected chi connectivity index (χ3v) is 4.66. The van der Waals surface area contributed by atoms with Crippen molar-refractivity contribution >= 4 is 17.3 Å². The van der Waals surface area contributed by atoms with Crippen LogP contribution in [0.3, 0.4) is 0 Å². The van der Waals surface area contributed by atoms with Crippen LogP contribution in [0.2, 0.25) is 0 Å². The molecule has 0 aliphatic rings. The van der Waals surface area contributed by atoms with Gasteiger partial charge in [-0.15, -0.1) is 0 Å². The van der Waals surface area contributed by atoms with Gasteiger partial charge in [0.15, 0.2) is 0 Å². The van der Waals surface area contributed by atoms with Crippen molar-refractivity contribution < 1.29 is 4.79 Å². The van der Waals surface area contributed by atoms with Crippen LogP contribution in [0, 0.1) is 20.8 Å². The highest BCUT2D eigenvalue weighted by atomic mass is 16.2. The average molecular weight is 377 g/mol. The van der Waals surface area contributed by atoms with Gasteiger partial charge < -0.3 is 5.73 Å². The molecule has 1 heterocycles. The molecule has 1 aromatic heterocycles. The van der Waals surface area contributed by atoms with Crippen LogP contribution in [0.4, 0.5) is 5.69 Å². The fourth-order valence-corrected chi connectivity index (χ4v) is 2.95. The van der Waals surface area contributed by atoms with E-state index in [1.54, 1.807) is 38.1 Å². The number of H-pyrrole nitrogens is 1. The lowest BCUT2D eigenvalue weighted by atomic mass is 10.1. The first kappa shape index (κ1) is 19.2. The summed E-state index contributed by atoms with van der Waals surface area (Å²) >= 11 is 0. The second kappa shape index (κ2) is 7.56. The Hall–Kier alpha value is -3.61. The van der Waals surface area contributed by atoms with Gasteiger partial charge in [0.1, 0.15) is 0 Å². The largest absolute Gasteiger partial charge is 0.399 e. The number of anilines is 1. The van der Waals surface area contributed by atoms with Crippen molar-refractivity contribution in [1.29, 1.82) is 0 Å². The number of hydrogen-bond donors (Lipinski definition) is 3. The molecule has 28 heavy (non-hydrogen) atoms. The molecular formula is C21H23N5O2. The second-order valence-electron chi connectivity index (χ2n) is 6.78. The van der Waals surface area contributed by atoms with Crippen molar-refractivity contribution in [2.45, 2.75) is 27.7 Å². The van der Waals surface area contributed by atoms with Crippen LogP contribution in [0.5, 0.6) is 0 Å². The molecule has 0 fully saturated rings. The van der Waals surface area contributed by atoms with Crippen LogP contribution in [-0.4, -0.2) is 21.4 Å². The van der Waals surface area contributed by atoms with E-state index in [-0.39, 0.29) is 5.56 Å². The third kappa shape index (κ3) is 3.73. The minimum absolute atomic E-state index is 0.222.